The summed E-state index contributed by atoms with van der Waals surface area (Å²) < 4.78 is 6.46. The summed E-state index contributed by atoms with van der Waals surface area (Å²) in [5.74, 6) is 1.12. The molecule has 0 saturated carbocycles. The van der Waals surface area contributed by atoms with Crippen LogP contribution in [0.2, 0.25) is 0 Å². The Kier molecular flexibility index (Phi) is 5.99. The van der Waals surface area contributed by atoms with Gasteiger partial charge in [-0.1, -0.05) is 60.6 Å². The lowest BCUT2D eigenvalue weighted by Gasteiger charge is -2.30. The topological polar surface area (TPSA) is 9.23 Å². The van der Waals surface area contributed by atoms with E-state index >= 15 is 0 Å². The molecule has 0 spiro atoms. The molecule has 1 aromatic rings. The third-order valence-electron chi connectivity index (χ3n) is 3.56. The first-order valence-corrected chi connectivity index (χ1v) is 9.04. The molecule has 1 nitrogen and oxygen atoms in total. The van der Waals surface area contributed by atoms with Crippen LogP contribution in [-0.2, 0) is 19.3 Å². The minimum absolute atomic E-state index is 0.174. The fourth-order valence-electron chi connectivity index (χ4n) is 2.87. The third-order valence-corrected chi connectivity index (χ3v) is 3.56. The third kappa shape index (κ3) is 7.42. The monoisotopic (exact) mass is 318 g/mol. The first-order valence-electron chi connectivity index (χ1n) is 9.04. The van der Waals surface area contributed by atoms with Crippen molar-refractivity contribution in [1.29, 1.82) is 0 Å². The van der Waals surface area contributed by atoms with Crippen LogP contribution in [0.1, 0.15) is 85.9 Å². The van der Waals surface area contributed by atoms with Crippen molar-refractivity contribution in [3.05, 3.63) is 28.8 Å². The highest BCUT2D eigenvalue weighted by Crippen LogP contribution is 2.37. The molecular weight excluding hydrogens is 280 g/mol. The van der Waals surface area contributed by atoms with Crippen LogP contribution in [0.25, 0.3) is 0 Å². The average molecular weight is 319 g/mol. The Morgan fingerprint density at radius 1 is 0.739 bits per heavy atom. The molecule has 0 aromatic heterocycles. The van der Waals surface area contributed by atoms with Gasteiger partial charge in [-0.05, 0) is 67.6 Å². The molecule has 132 valence electrons. The second-order valence-corrected chi connectivity index (χ2v) is 10.3. The van der Waals surface area contributed by atoms with Gasteiger partial charge in [0.1, 0.15) is 11.4 Å². The number of aryl methyl sites for hydroxylation is 1. The van der Waals surface area contributed by atoms with Crippen molar-refractivity contribution < 1.29 is 4.74 Å². The van der Waals surface area contributed by atoms with Crippen molar-refractivity contribution in [1.82, 2.24) is 0 Å². The van der Waals surface area contributed by atoms with Crippen LogP contribution in [0, 0.1) is 10.8 Å². The first-order chi connectivity index (χ1) is 10.2. The zero-order valence-corrected chi connectivity index (χ0v) is 17.2. The molecule has 0 atom stereocenters. The van der Waals surface area contributed by atoms with E-state index in [2.05, 4.69) is 81.4 Å². The predicted octanol–water partition coefficient (Wildman–Crippen LogP) is 6.60. The number of rotatable bonds is 4. The molecule has 23 heavy (non-hydrogen) atoms. The van der Waals surface area contributed by atoms with Gasteiger partial charge in [0.15, 0.2) is 0 Å². The Balaban J connectivity index is 3.47. The smallest absolute Gasteiger partial charge is 0.126 e. The van der Waals surface area contributed by atoms with Crippen LogP contribution in [0.15, 0.2) is 12.1 Å². The molecule has 0 amide bonds. The van der Waals surface area contributed by atoms with Gasteiger partial charge in [-0.15, -0.1) is 0 Å². The van der Waals surface area contributed by atoms with E-state index in [1.165, 1.54) is 16.7 Å². The number of benzene rings is 1. The summed E-state index contributed by atoms with van der Waals surface area (Å²) in [6.07, 6.45) is 3.16. The van der Waals surface area contributed by atoms with E-state index in [0.29, 0.717) is 0 Å². The van der Waals surface area contributed by atoms with Crippen LogP contribution in [-0.4, -0.2) is 5.60 Å². The number of hydrogen-bond donors (Lipinski definition) is 0. The van der Waals surface area contributed by atoms with Gasteiger partial charge in [0.2, 0.25) is 0 Å². The summed E-state index contributed by atoms with van der Waals surface area (Å²) in [5.41, 5.74) is 4.48. The average Bonchev–Trinajstić information content (AvgIpc) is 2.27. The molecule has 1 aromatic carbocycles. The van der Waals surface area contributed by atoms with Crippen LogP contribution in [0.5, 0.6) is 5.75 Å². The van der Waals surface area contributed by atoms with Gasteiger partial charge in [-0.25, -0.2) is 0 Å². The van der Waals surface area contributed by atoms with Crippen molar-refractivity contribution in [2.24, 2.45) is 10.8 Å². The van der Waals surface area contributed by atoms with Crippen LogP contribution < -0.4 is 4.74 Å². The minimum atomic E-state index is -0.174. The first kappa shape index (κ1) is 20.1. The Morgan fingerprint density at radius 3 is 1.39 bits per heavy atom. The minimum Gasteiger partial charge on any atom is -0.488 e. The standard InChI is InChI=1S/C22H38O/c1-11-16-12-17(14-20(2,3)4)19(23-22(8,9)10)18(13-16)15-21(5,6)7/h12-13H,11,14-15H2,1-10H3. The van der Waals surface area contributed by atoms with E-state index in [1.807, 2.05) is 0 Å². The highest BCUT2D eigenvalue weighted by Gasteiger charge is 2.24. The highest BCUT2D eigenvalue weighted by atomic mass is 16.5. The molecule has 0 radical (unpaired) electrons. The van der Waals surface area contributed by atoms with E-state index in [0.717, 1.165) is 25.0 Å². The van der Waals surface area contributed by atoms with Crippen molar-refractivity contribution >= 4 is 0 Å². The lowest BCUT2D eigenvalue weighted by atomic mass is 9.82. The fourth-order valence-corrected chi connectivity index (χ4v) is 2.87. The Labute approximate surface area is 144 Å². The lowest BCUT2D eigenvalue weighted by molar-refractivity contribution is 0.126. The van der Waals surface area contributed by atoms with Gasteiger partial charge >= 0.3 is 0 Å². The quantitative estimate of drug-likeness (QED) is 0.607. The second kappa shape index (κ2) is 6.87. The molecule has 0 N–H and O–H groups in total. The van der Waals surface area contributed by atoms with Gasteiger partial charge in [0.25, 0.3) is 0 Å². The molecule has 0 saturated heterocycles. The SMILES string of the molecule is CCc1cc(CC(C)(C)C)c(OC(C)(C)C)c(CC(C)(C)C)c1. The molecule has 0 fully saturated rings. The maximum absolute atomic E-state index is 6.46. The molecule has 0 unspecified atom stereocenters. The van der Waals surface area contributed by atoms with Crippen molar-refractivity contribution in [2.45, 2.75) is 94.1 Å². The molecule has 0 heterocycles. The summed E-state index contributed by atoms with van der Waals surface area (Å²) in [5, 5.41) is 0. The molecule has 0 aliphatic carbocycles. The van der Waals surface area contributed by atoms with Crippen molar-refractivity contribution in [3.63, 3.8) is 0 Å². The van der Waals surface area contributed by atoms with Gasteiger partial charge in [-0.3, -0.25) is 0 Å². The van der Waals surface area contributed by atoms with Gasteiger partial charge in [0, 0.05) is 0 Å². The summed E-state index contributed by atoms with van der Waals surface area (Å²) in [6, 6.07) is 4.72. The zero-order chi connectivity index (χ0) is 18.1. The van der Waals surface area contributed by atoms with Crippen LogP contribution in [0.3, 0.4) is 0 Å². The maximum Gasteiger partial charge on any atom is 0.126 e. The molecule has 0 aliphatic rings. The lowest BCUT2D eigenvalue weighted by Crippen LogP contribution is -2.26. The van der Waals surface area contributed by atoms with Gasteiger partial charge < -0.3 is 4.74 Å². The molecule has 1 heteroatoms. The number of ether oxygens (including phenoxy) is 1. The van der Waals surface area contributed by atoms with Crippen molar-refractivity contribution in [3.8, 4) is 5.75 Å². The van der Waals surface area contributed by atoms with Gasteiger partial charge in [0.05, 0.1) is 0 Å². The predicted molar refractivity (Wildman–Crippen MR) is 103 cm³/mol. The summed E-state index contributed by atoms with van der Waals surface area (Å²) in [6.45, 7) is 22.5. The molecule has 0 aliphatic heterocycles. The largest absolute Gasteiger partial charge is 0.488 e. The van der Waals surface area contributed by atoms with Crippen LogP contribution in [0.4, 0.5) is 0 Å². The van der Waals surface area contributed by atoms with E-state index in [9.17, 15) is 0 Å². The second-order valence-electron chi connectivity index (χ2n) is 10.3. The highest BCUT2D eigenvalue weighted by molar-refractivity contribution is 5.46. The molecule has 0 bridgehead atoms. The summed E-state index contributed by atoms with van der Waals surface area (Å²) in [7, 11) is 0. The Hall–Kier alpha value is -0.980. The van der Waals surface area contributed by atoms with E-state index < -0.39 is 0 Å². The van der Waals surface area contributed by atoms with E-state index in [4.69, 9.17) is 4.74 Å². The number of hydrogen-bond acceptors (Lipinski definition) is 1. The molecule has 1 rings (SSSR count). The zero-order valence-electron chi connectivity index (χ0n) is 17.2. The van der Waals surface area contributed by atoms with E-state index in [-0.39, 0.29) is 16.4 Å². The Bertz CT molecular complexity index is 481. The summed E-state index contributed by atoms with van der Waals surface area (Å²) >= 11 is 0. The maximum atomic E-state index is 6.46. The normalized spacial score (nSPS) is 13.3. The fraction of sp³-hybridized carbons (Fsp3) is 0.727. The van der Waals surface area contributed by atoms with E-state index in [1.54, 1.807) is 0 Å². The molecular formula is C22H38O. The Morgan fingerprint density at radius 2 is 1.13 bits per heavy atom. The van der Waals surface area contributed by atoms with Crippen LogP contribution >= 0.6 is 0 Å². The van der Waals surface area contributed by atoms with Gasteiger partial charge in [-0.2, -0.15) is 0 Å². The summed E-state index contributed by atoms with van der Waals surface area (Å²) in [4.78, 5) is 0. The van der Waals surface area contributed by atoms with Crippen molar-refractivity contribution in [2.75, 3.05) is 0 Å².